The lowest BCUT2D eigenvalue weighted by Crippen LogP contribution is -2.36. The fraction of sp³-hybridized carbons (Fsp3) is 0.0526. The largest absolute Gasteiger partial charge is 0.323 e. The van der Waals surface area contributed by atoms with Gasteiger partial charge in [-0.1, -0.05) is 15.9 Å². The van der Waals surface area contributed by atoms with Crippen LogP contribution in [0.3, 0.4) is 0 Å². The summed E-state index contributed by atoms with van der Waals surface area (Å²) in [4.78, 5) is 17.4. The maximum atomic E-state index is 13.1. The number of aromatic nitrogens is 2. The van der Waals surface area contributed by atoms with Gasteiger partial charge in [-0.05, 0) is 48.5 Å². The molecule has 2 heterocycles. The van der Waals surface area contributed by atoms with Gasteiger partial charge < -0.3 is 0 Å². The third kappa shape index (κ3) is 4.69. The highest BCUT2D eigenvalue weighted by atomic mass is 79.9. The smallest absolute Gasteiger partial charge is 0.294 e. The van der Waals surface area contributed by atoms with Crippen molar-refractivity contribution < 1.29 is 17.6 Å². The van der Waals surface area contributed by atoms with Crippen molar-refractivity contribution in [3.05, 3.63) is 76.1 Å². The zero-order chi connectivity index (χ0) is 21.3. The first-order chi connectivity index (χ1) is 14.3. The molecule has 2 aromatic heterocycles. The lowest BCUT2D eigenvalue weighted by atomic mass is 10.2. The van der Waals surface area contributed by atoms with Crippen LogP contribution in [-0.2, 0) is 21.4 Å². The number of rotatable bonds is 6. The van der Waals surface area contributed by atoms with Gasteiger partial charge in [-0.25, -0.2) is 14.1 Å². The summed E-state index contributed by atoms with van der Waals surface area (Å²) in [5.41, 5.74) is 2.29. The third-order valence-electron chi connectivity index (χ3n) is 4.11. The number of hydrogen-bond donors (Lipinski definition) is 2. The first kappa shape index (κ1) is 20.5. The summed E-state index contributed by atoms with van der Waals surface area (Å²) in [6.07, 6.45) is 1.58. The molecule has 4 rings (SSSR count). The molecular weight excluding hydrogens is 495 g/mol. The van der Waals surface area contributed by atoms with Crippen LogP contribution in [0.4, 0.5) is 10.1 Å². The van der Waals surface area contributed by atoms with E-state index >= 15 is 0 Å². The summed E-state index contributed by atoms with van der Waals surface area (Å²) in [6, 6.07) is 12.4. The van der Waals surface area contributed by atoms with Gasteiger partial charge in [0, 0.05) is 27.3 Å². The van der Waals surface area contributed by atoms with E-state index in [1.165, 1.54) is 23.5 Å². The maximum Gasteiger partial charge on any atom is 0.323 e. The van der Waals surface area contributed by atoms with Crippen LogP contribution in [0, 0.1) is 5.82 Å². The topological polar surface area (TPSA) is 92.6 Å². The van der Waals surface area contributed by atoms with Gasteiger partial charge in [0.2, 0.25) is 5.91 Å². The molecule has 0 saturated heterocycles. The van der Waals surface area contributed by atoms with Crippen molar-refractivity contribution in [1.29, 1.82) is 0 Å². The summed E-state index contributed by atoms with van der Waals surface area (Å²) < 4.78 is 44.3. The van der Waals surface area contributed by atoms with Gasteiger partial charge in [0.25, 0.3) is 0 Å². The molecule has 1 amide bonds. The van der Waals surface area contributed by atoms with Gasteiger partial charge in [-0.2, -0.15) is 8.42 Å². The van der Waals surface area contributed by atoms with Crippen molar-refractivity contribution in [1.82, 2.24) is 14.1 Å². The number of imidazole rings is 1. The zero-order valence-corrected chi connectivity index (χ0v) is 18.4. The number of benzene rings is 2. The van der Waals surface area contributed by atoms with E-state index in [9.17, 15) is 17.6 Å². The van der Waals surface area contributed by atoms with Crippen molar-refractivity contribution in [2.75, 3.05) is 4.72 Å². The van der Waals surface area contributed by atoms with Crippen LogP contribution in [0.15, 0.2) is 64.6 Å². The molecule has 0 bridgehead atoms. The number of hydrogen-bond acceptors (Lipinski definition) is 5. The highest BCUT2D eigenvalue weighted by Gasteiger charge is 2.17. The molecule has 4 aromatic rings. The minimum absolute atomic E-state index is 0.152. The first-order valence-electron chi connectivity index (χ1n) is 8.59. The summed E-state index contributed by atoms with van der Waals surface area (Å²) in [7, 11) is -4.07. The van der Waals surface area contributed by atoms with E-state index < -0.39 is 16.1 Å². The number of anilines is 1. The van der Waals surface area contributed by atoms with Gasteiger partial charge in [-0.15, -0.1) is 11.3 Å². The maximum absolute atomic E-state index is 13.1. The van der Waals surface area contributed by atoms with E-state index in [-0.39, 0.29) is 12.2 Å². The Balaban J connectivity index is 1.47. The Labute approximate surface area is 183 Å². The predicted octanol–water partition coefficient (Wildman–Crippen LogP) is 3.98. The Bertz CT molecular complexity index is 1320. The number of fused-ring (bicyclic) bond motifs is 1. The Morgan fingerprint density at radius 1 is 1.13 bits per heavy atom. The highest BCUT2D eigenvalue weighted by Crippen LogP contribution is 2.24. The number of carbonyl (C=O) groups is 1. The summed E-state index contributed by atoms with van der Waals surface area (Å²) in [5, 5.41) is 1.74. The molecule has 0 atom stereocenters. The van der Waals surface area contributed by atoms with E-state index in [1.54, 1.807) is 52.4 Å². The average molecular weight is 509 g/mol. The van der Waals surface area contributed by atoms with E-state index in [0.717, 1.165) is 10.0 Å². The molecule has 0 radical (unpaired) electrons. The molecule has 0 fully saturated rings. The molecule has 0 aliphatic carbocycles. The van der Waals surface area contributed by atoms with Crippen LogP contribution in [0.5, 0.6) is 0 Å². The Morgan fingerprint density at radius 3 is 2.53 bits per heavy atom. The van der Waals surface area contributed by atoms with Crippen molar-refractivity contribution >= 4 is 54.0 Å². The normalized spacial score (nSPS) is 11.5. The highest BCUT2D eigenvalue weighted by molar-refractivity contribution is 9.10. The van der Waals surface area contributed by atoms with Gasteiger partial charge in [0.05, 0.1) is 17.8 Å². The number of nitrogens with one attached hydrogen (secondary N) is 2. The molecule has 11 heteroatoms. The van der Waals surface area contributed by atoms with Crippen LogP contribution in [0.1, 0.15) is 5.69 Å². The Hall–Kier alpha value is -2.76. The Morgan fingerprint density at radius 2 is 1.83 bits per heavy atom. The van der Waals surface area contributed by atoms with E-state index in [2.05, 4.69) is 25.6 Å². The number of thiazole rings is 1. The second-order valence-electron chi connectivity index (χ2n) is 6.33. The van der Waals surface area contributed by atoms with Crippen LogP contribution >= 0.6 is 27.3 Å². The number of nitrogens with zero attached hydrogens (tertiary/aromatic N) is 2. The van der Waals surface area contributed by atoms with Crippen molar-refractivity contribution in [3.63, 3.8) is 0 Å². The van der Waals surface area contributed by atoms with E-state index in [0.29, 0.717) is 22.0 Å². The van der Waals surface area contributed by atoms with E-state index in [1.807, 2.05) is 4.72 Å². The number of amides is 1. The van der Waals surface area contributed by atoms with Crippen molar-refractivity contribution in [2.45, 2.75) is 6.42 Å². The second kappa shape index (κ2) is 8.17. The molecule has 0 unspecified atom stereocenters. The number of halogens is 2. The van der Waals surface area contributed by atoms with Gasteiger partial charge in [0.15, 0.2) is 4.96 Å². The van der Waals surface area contributed by atoms with Crippen LogP contribution in [0.2, 0.25) is 0 Å². The Kier molecular flexibility index (Phi) is 5.58. The molecule has 0 aliphatic heterocycles. The van der Waals surface area contributed by atoms with Crippen LogP contribution in [0.25, 0.3) is 16.2 Å². The fourth-order valence-corrected chi connectivity index (χ4v) is 4.77. The minimum Gasteiger partial charge on any atom is -0.294 e. The van der Waals surface area contributed by atoms with Crippen LogP contribution in [-0.4, -0.2) is 23.7 Å². The predicted molar refractivity (Wildman–Crippen MR) is 117 cm³/mol. The zero-order valence-electron chi connectivity index (χ0n) is 15.2. The minimum atomic E-state index is -4.07. The lowest BCUT2D eigenvalue weighted by Gasteiger charge is -2.09. The standard InChI is InChI=1S/C19H14BrFN4O3S2/c20-13-3-7-15(8-4-13)23-30(27,28)24-18(26)9-16-11-29-19-22-17(10-25(16)19)12-1-5-14(21)6-2-12/h1-8,10-11,23H,9H2,(H,24,26). The summed E-state index contributed by atoms with van der Waals surface area (Å²) >= 11 is 4.59. The van der Waals surface area contributed by atoms with E-state index in [4.69, 9.17) is 0 Å². The third-order valence-corrected chi connectivity index (χ3v) is 6.53. The molecule has 0 saturated carbocycles. The molecule has 2 aromatic carbocycles. The molecule has 154 valence electrons. The monoisotopic (exact) mass is 508 g/mol. The van der Waals surface area contributed by atoms with Gasteiger partial charge in [-0.3, -0.25) is 13.9 Å². The molecule has 30 heavy (non-hydrogen) atoms. The fourth-order valence-electron chi connectivity index (χ4n) is 2.77. The second-order valence-corrected chi connectivity index (χ2v) is 9.49. The lowest BCUT2D eigenvalue weighted by molar-refractivity contribution is -0.118. The quantitative estimate of drug-likeness (QED) is 0.412. The average Bonchev–Trinajstić information content (AvgIpc) is 3.25. The molecule has 7 nitrogen and oxygen atoms in total. The summed E-state index contributed by atoms with van der Waals surface area (Å²) in [6.45, 7) is 0. The van der Waals surface area contributed by atoms with Crippen LogP contribution < -0.4 is 9.44 Å². The molecule has 2 N–H and O–H groups in total. The van der Waals surface area contributed by atoms with Crippen molar-refractivity contribution in [2.24, 2.45) is 0 Å². The van der Waals surface area contributed by atoms with Gasteiger partial charge in [0.1, 0.15) is 5.82 Å². The molecule has 0 spiro atoms. The molecule has 0 aliphatic rings. The van der Waals surface area contributed by atoms with Crippen molar-refractivity contribution in [3.8, 4) is 11.3 Å². The SMILES string of the molecule is O=C(Cc1csc2nc(-c3ccc(F)cc3)cn12)NS(=O)(=O)Nc1ccc(Br)cc1. The van der Waals surface area contributed by atoms with Gasteiger partial charge >= 0.3 is 10.2 Å². The number of carbonyl (C=O) groups excluding carboxylic acids is 1. The molecular formula is C19H14BrFN4O3S2. The first-order valence-corrected chi connectivity index (χ1v) is 11.7. The summed E-state index contributed by atoms with van der Waals surface area (Å²) in [5.74, 6) is -1.02.